The van der Waals surface area contributed by atoms with Gasteiger partial charge < -0.3 is 9.42 Å². The molecular formula is C22H25N5O4. The number of nitro groups is 1. The van der Waals surface area contributed by atoms with Crippen LogP contribution in [0.4, 0.5) is 11.4 Å². The molecule has 0 saturated carbocycles. The van der Waals surface area contributed by atoms with Crippen molar-refractivity contribution < 1.29 is 14.2 Å². The quantitative estimate of drug-likeness (QED) is 0.341. The van der Waals surface area contributed by atoms with Crippen molar-refractivity contribution in [2.24, 2.45) is 0 Å². The fourth-order valence-corrected chi connectivity index (χ4v) is 4.09. The molecule has 0 radical (unpaired) electrons. The third-order valence-electron chi connectivity index (χ3n) is 5.74. The van der Waals surface area contributed by atoms with Gasteiger partial charge in [-0.3, -0.25) is 24.4 Å². The Morgan fingerprint density at radius 3 is 2.35 bits per heavy atom. The molecule has 0 amide bonds. The number of hydrogen-bond donors (Lipinski definition) is 0. The van der Waals surface area contributed by atoms with Crippen LogP contribution in [0.25, 0.3) is 5.82 Å². The number of Topliss-reactive ketones (excluding diaryl/α,β-unsaturated/α-hetero) is 1. The maximum Gasteiger partial charge on any atom is 0.269 e. The summed E-state index contributed by atoms with van der Waals surface area (Å²) in [4.78, 5) is 27.8. The summed E-state index contributed by atoms with van der Waals surface area (Å²) in [5, 5.41) is 14.9. The number of nitrogens with zero attached hydrogens (tertiary/aromatic N) is 5. The summed E-state index contributed by atoms with van der Waals surface area (Å²) in [6.07, 6.45) is 0. The molecule has 1 aromatic carbocycles. The smallest absolute Gasteiger partial charge is 0.269 e. The van der Waals surface area contributed by atoms with E-state index in [0.29, 0.717) is 17.9 Å². The van der Waals surface area contributed by atoms with E-state index in [1.807, 2.05) is 37.5 Å². The monoisotopic (exact) mass is 423 g/mol. The molecule has 1 saturated heterocycles. The minimum absolute atomic E-state index is 0.0864. The highest BCUT2D eigenvalue weighted by Crippen LogP contribution is 2.23. The molecule has 9 nitrogen and oxygen atoms in total. The van der Waals surface area contributed by atoms with Gasteiger partial charge in [-0.2, -0.15) is 0 Å². The zero-order valence-electron chi connectivity index (χ0n) is 17.9. The lowest BCUT2D eigenvalue weighted by Gasteiger charge is -2.35. The van der Waals surface area contributed by atoms with E-state index in [1.54, 1.807) is 12.1 Å². The van der Waals surface area contributed by atoms with Crippen molar-refractivity contribution in [1.82, 2.24) is 14.6 Å². The number of carbonyl (C=O) groups is 1. The van der Waals surface area contributed by atoms with E-state index in [1.165, 1.54) is 12.1 Å². The van der Waals surface area contributed by atoms with E-state index in [2.05, 4.69) is 15.0 Å². The summed E-state index contributed by atoms with van der Waals surface area (Å²) < 4.78 is 7.12. The molecule has 0 spiro atoms. The van der Waals surface area contributed by atoms with Crippen LogP contribution in [0.2, 0.25) is 0 Å². The normalized spacial score (nSPS) is 14.7. The Labute approximate surface area is 180 Å². The summed E-state index contributed by atoms with van der Waals surface area (Å²) in [7, 11) is 0. The Bertz CT molecular complexity index is 1110. The molecule has 0 N–H and O–H groups in total. The number of piperazine rings is 1. The van der Waals surface area contributed by atoms with E-state index < -0.39 is 4.92 Å². The second kappa shape index (κ2) is 8.35. The fourth-order valence-electron chi connectivity index (χ4n) is 4.09. The summed E-state index contributed by atoms with van der Waals surface area (Å²) in [6, 6.07) is 10.4. The molecule has 162 valence electrons. The minimum atomic E-state index is -0.395. The highest BCUT2D eigenvalue weighted by atomic mass is 16.6. The Morgan fingerprint density at radius 2 is 1.77 bits per heavy atom. The number of benzene rings is 1. The van der Waals surface area contributed by atoms with E-state index in [-0.39, 0.29) is 11.5 Å². The molecule has 1 fully saturated rings. The van der Waals surface area contributed by atoms with Crippen LogP contribution >= 0.6 is 0 Å². The number of non-ortho nitro benzene ring substituents is 1. The molecule has 3 heterocycles. The molecular weight excluding hydrogens is 398 g/mol. The van der Waals surface area contributed by atoms with Gasteiger partial charge in [-0.25, -0.2) is 0 Å². The van der Waals surface area contributed by atoms with E-state index in [0.717, 1.165) is 49.0 Å². The number of hydrogen-bond acceptors (Lipinski definition) is 7. The lowest BCUT2D eigenvalue weighted by molar-refractivity contribution is -0.384. The van der Waals surface area contributed by atoms with E-state index >= 15 is 0 Å². The van der Waals surface area contributed by atoms with Gasteiger partial charge in [-0.1, -0.05) is 5.16 Å². The van der Waals surface area contributed by atoms with Crippen LogP contribution < -0.4 is 4.90 Å². The van der Waals surface area contributed by atoms with Crippen molar-refractivity contribution in [3.8, 4) is 5.82 Å². The van der Waals surface area contributed by atoms with Gasteiger partial charge in [0.15, 0.2) is 11.6 Å². The lowest BCUT2D eigenvalue weighted by atomic mass is 10.1. The van der Waals surface area contributed by atoms with E-state index in [4.69, 9.17) is 4.52 Å². The third kappa shape index (κ3) is 4.22. The van der Waals surface area contributed by atoms with Gasteiger partial charge in [0, 0.05) is 67.0 Å². The SMILES string of the molecule is Cc1cc(-n2c(C)cc(C(=O)CN3CCN(c4ccc([N+](=O)[O-])cc4)CC3)c2C)no1. The van der Waals surface area contributed by atoms with Crippen molar-refractivity contribution in [1.29, 1.82) is 0 Å². The van der Waals surface area contributed by atoms with E-state index in [9.17, 15) is 14.9 Å². The third-order valence-corrected chi connectivity index (χ3v) is 5.74. The Hall–Kier alpha value is -3.46. The molecule has 0 aliphatic carbocycles. The average Bonchev–Trinajstić information content (AvgIpc) is 3.30. The molecule has 0 atom stereocenters. The number of aromatic nitrogens is 2. The molecule has 0 unspecified atom stereocenters. The summed E-state index contributed by atoms with van der Waals surface area (Å²) in [5.41, 5.74) is 3.56. The maximum atomic E-state index is 13.0. The molecule has 0 bridgehead atoms. The van der Waals surface area contributed by atoms with Crippen LogP contribution in [0.3, 0.4) is 0 Å². The Kier molecular flexibility index (Phi) is 5.60. The van der Waals surface area contributed by atoms with Gasteiger partial charge >= 0.3 is 0 Å². The molecule has 1 aliphatic rings. The molecule has 9 heteroatoms. The fraction of sp³-hybridized carbons (Fsp3) is 0.364. The van der Waals surface area contributed by atoms with Gasteiger partial charge in [0.25, 0.3) is 5.69 Å². The predicted molar refractivity (Wildman–Crippen MR) is 116 cm³/mol. The first-order valence-corrected chi connectivity index (χ1v) is 10.2. The second-order valence-corrected chi connectivity index (χ2v) is 7.88. The predicted octanol–water partition coefficient (Wildman–Crippen LogP) is 3.30. The van der Waals surface area contributed by atoms with Crippen LogP contribution in [0.1, 0.15) is 27.5 Å². The Morgan fingerprint density at radius 1 is 1.10 bits per heavy atom. The zero-order chi connectivity index (χ0) is 22.1. The van der Waals surface area contributed by atoms with Gasteiger partial charge in [0.2, 0.25) is 0 Å². The van der Waals surface area contributed by atoms with Crippen molar-refractivity contribution in [2.75, 3.05) is 37.6 Å². The molecule has 3 aromatic rings. The van der Waals surface area contributed by atoms with Crippen molar-refractivity contribution in [3.63, 3.8) is 0 Å². The Balaban J connectivity index is 1.39. The first kappa shape index (κ1) is 20.8. The maximum absolute atomic E-state index is 13.0. The number of aryl methyl sites for hydroxylation is 2. The number of nitro benzene ring substituents is 1. The highest BCUT2D eigenvalue weighted by Gasteiger charge is 2.23. The van der Waals surface area contributed by atoms with Crippen LogP contribution in [0.15, 0.2) is 40.9 Å². The first-order chi connectivity index (χ1) is 14.8. The van der Waals surface area contributed by atoms with Crippen LogP contribution in [-0.4, -0.2) is 58.1 Å². The second-order valence-electron chi connectivity index (χ2n) is 7.88. The summed E-state index contributed by atoms with van der Waals surface area (Å²) >= 11 is 0. The van der Waals surface area contributed by atoms with Gasteiger partial charge in [-0.05, 0) is 39.0 Å². The van der Waals surface area contributed by atoms with Gasteiger partial charge in [0.05, 0.1) is 11.5 Å². The molecule has 4 rings (SSSR count). The lowest BCUT2D eigenvalue weighted by Crippen LogP contribution is -2.48. The van der Waals surface area contributed by atoms with Gasteiger partial charge in [-0.15, -0.1) is 0 Å². The number of anilines is 1. The average molecular weight is 423 g/mol. The van der Waals surface area contributed by atoms with Crippen LogP contribution in [0.5, 0.6) is 0 Å². The van der Waals surface area contributed by atoms with Crippen LogP contribution in [-0.2, 0) is 0 Å². The van der Waals surface area contributed by atoms with Crippen LogP contribution in [0, 0.1) is 30.9 Å². The summed E-state index contributed by atoms with van der Waals surface area (Å²) in [5.74, 6) is 1.49. The molecule has 1 aliphatic heterocycles. The standard InChI is InChI=1S/C22H25N5O4/c1-15-12-20(17(3)26(15)22-13-16(2)31-23-22)21(28)14-24-8-10-25(11-9-24)18-4-6-19(7-5-18)27(29)30/h4-7,12-13H,8-11,14H2,1-3H3. The van der Waals surface area contributed by atoms with Crippen molar-refractivity contribution in [2.45, 2.75) is 20.8 Å². The zero-order valence-corrected chi connectivity index (χ0v) is 17.9. The minimum Gasteiger partial charge on any atom is -0.369 e. The number of ketones is 1. The highest BCUT2D eigenvalue weighted by molar-refractivity contribution is 5.99. The van der Waals surface area contributed by atoms with Crippen molar-refractivity contribution >= 4 is 17.2 Å². The summed E-state index contributed by atoms with van der Waals surface area (Å²) in [6.45, 7) is 9.12. The number of rotatable bonds is 6. The van der Waals surface area contributed by atoms with Crippen molar-refractivity contribution in [3.05, 3.63) is 69.2 Å². The topological polar surface area (TPSA) is 97.7 Å². The first-order valence-electron chi connectivity index (χ1n) is 10.2. The largest absolute Gasteiger partial charge is 0.369 e. The molecule has 2 aromatic heterocycles. The number of carbonyl (C=O) groups excluding carboxylic acids is 1. The molecule has 31 heavy (non-hydrogen) atoms. The van der Waals surface area contributed by atoms with Gasteiger partial charge in [0.1, 0.15) is 5.76 Å².